The number of amides is 4. The van der Waals surface area contributed by atoms with Crippen molar-refractivity contribution in [1.82, 2.24) is 21.3 Å². The molecule has 34 heavy (non-hydrogen) atoms. The van der Waals surface area contributed by atoms with Crippen molar-refractivity contribution in [2.24, 2.45) is 23.5 Å². The van der Waals surface area contributed by atoms with Crippen molar-refractivity contribution >= 4 is 29.6 Å². The SMILES string of the molecule is CC(C)CC(N)C(=O)NC(C)C(=O)NC(C)C(=O)NC(C(=O)NC(CC(C)C)C(=O)O)C(C)C. The van der Waals surface area contributed by atoms with Crippen LogP contribution in [0.5, 0.6) is 0 Å². The number of hydrogen-bond donors (Lipinski definition) is 6. The molecule has 0 radical (unpaired) electrons. The molecule has 11 nitrogen and oxygen atoms in total. The normalized spacial score (nSPS) is 15.8. The number of carbonyl (C=O) groups excluding carboxylic acids is 4. The molecule has 0 saturated heterocycles. The van der Waals surface area contributed by atoms with Crippen molar-refractivity contribution in [3.63, 3.8) is 0 Å². The Balaban J connectivity index is 5.02. The highest BCUT2D eigenvalue weighted by Crippen LogP contribution is 2.08. The van der Waals surface area contributed by atoms with Gasteiger partial charge >= 0.3 is 5.97 Å². The van der Waals surface area contributed by atoms with Crippen molar-refractivity contribution in [2.45, 2.75) is 98.4 Å². The number of carbonyl (C=O) groups is 5. The molecule has 0 heterocycles. The summed E-state index contributed by atoms with van der Waals surface area (Å²) in [4.78, 5) is 61.4. The van der Waals surface area contributed by atoms with Crippen LogP contribution in [-0.4, -0.2) is 64.9 Å². The Labute approximate surface area is 202 Å². The van der Waals surface area contributed by atoms with Crippen LogP contribution in [0.15, 0.2) is 0 Å². The van der Waals surface area contributed by atoms with Crippen LogP contribution in [0.4, 0.5) is 0 Å². The Morgan fingerprint density at radius 1 is 0.647 bits per heavy atom. The van der Waals surface area contributed by atoms with Gasteiger partial charge in [-0.1, -0.05) is 41.5 Å². The van der Waals surface area contributed by atoms with Crippen molar-refractivity contribution in [2.75, 3.05) is 0 Å². The highest BCUT2D eigenvalue weighted by atomic mass is 16.4. The number of aliphatic carboxylic acids is 1. The van der Waals surface area contributed by atoms with Gasteiger partial charge in [-0.15, -0.1) is 0 Å². The van der Waals surface area contributed by atoms with Crippen molar-refractivity contribution in [3.8, 4) is 0 Å². The third-order valence-electron chi connectivity index (χ3n) is 5.13. The summed E-state index contributed by atoms with van der Waals surface area (Å²) in [5.41, 5.74) is 5.82. The van der Waals surface area contributed by atoms with E-state index in [2.05, 4.69) is 21.3 Å². The van der Waals surface area contributed by atoms with Crippen LogP contribution in [0.3, 0.4) is 0 Å². The molecule has 0 saturated carbocycles. The smallest absolute Gasteiger partial charge is 0.326 e. The van der Waals surface area contributed by atoms with E-state index < -0.39 is 59.8 Å². The zero-order valence-electron chi connectivity index (χ0n) is 21.6. The molecule has 5 atom stereocenters. The van der Waals surface area contributed by atoms with E-state index in [0.29, 0.717) is 6.42 Å². The number of hydrogen-bond acceptors (Lipinski definition) is 6. The van der Waals surface area contributed by atoms with Crippen LogP contribution < -0.4 is 27.0 Å². The molecule has 0 aromatic rings. The number of nitrogens with one attached hydrogen (secondary N) is 4. The lowest BCUT2D eigenvalue weighted by Gasteiger charge is -2.26. The second-order valence-electron chi connectivity index (χ2n) is 9.96. The number of nitrogens with two attached hydrogens (primary N) is 1. The van der Waals surface area contributed by atoms with Crippen molar-refractivity contribution < 1.29 is 29.1 Å². The van der Waals surface area contributed by atoms with Gasteiger partial charge in [-0.25, -0.2) is 4.79 Å². The highest BCUT2D eigenvalue weighted by molar-refractivity contribution is 5.95. The van der Waals surface area contributed by atoms with Gasteiger partial charge in [0.15, 0.2) is 0 Å². The minimum absolute atomic E-state index is 0.0473. The maximum Gasteiger partial charge on any atom is 0.326 e. The topological polar surface area (TPSA) is 180 Å². The maximum absolute atomic E-state index is 12.7. The second-order valence-corrected chi connectivity index (χ2v) is 9.96. The van der Waals surface area contributed by atoms with Crippen LogP contribution in [0.1, 0.15) is 68.2 Å². The minimum atomic E-state index is -1.15. The van der Waals surface area contributed by atoms with Crippen LogP contribution in [0.2, 0.25) is 0 Å². The minimum Gasteiger partial charge on any atom is -0.480 e. The van der Waals surface area contributed by atoms with E-state index in [1.54, 1.807) is 13.8 Å². The van der Waals surface area contributed by atoms with E-state index in [9.17, 15) is 29.1 Å². The Morgan fingerprint density at radius 2 is 1.09 bits per heavy atom. The van der Waals surface area contributed by atoms with Crippen LogP contribution in [0, 0.1) is 17.8 Å². The molecule has 0 rings (SSSR count). The summed E-state index contributed by atoms with van der Waals surface area (Å²) >= 11 is 0. The standard InChI is InChI=1S/C23H43N5O6/c1-11(2)9-16(24)21(31)26-14(7)19(29)25-15(8)20(30)28-18(13(5)6)22(32)27-17(23(33)34)10-12(3)4/h11-18H,9-10,24H2,1-8H3,(H,25,29)(H,26,31)(H,27,32)(H,28,30)(H,33,34). The quantitative estimate of drug-likeness (QED) is 0.202. The van der Waals surface area contributed by atoms with Crippen LogP contribution >= 0.6 is 0 Å². The summed E-state index contributed by atoms with van der Waals surface area (Å²) in [6.07, 6.45) is 0.717. The third kappa shape index (κ3) is 11.4. The molecule has 0 aliphatic carbocycles. The molecular formula is C23H43N5O6. The second kappa shape index (κ2) is 14.5. The van der Waals surface area contributed by atoms with E-state index in [4.69, 9.17) is 5.73 Å². The van der Waals surface area contributed by atoms with E-state index in [1.807, 2.05) is 27.7 Å². The zero-order valence-corrected chi connectivity index (χ0v) is 21.6. The summed E-state index contributed by atoms with van der Waals surface area (Å²) in [6, 6.07) is -4.73. The van der Waals surface area contributed by atoms with Crippen LogP contribution in [0.25, 0.3) is 0 Å². The molecule has 4 amide bonds. The van der Waals surface area contributed by atoms with Crippen molar-refractivity contribution in [1.29, 1.82) is 0 Å². The van der Waals surface area contributed by atoms with Gasteiger partial charge in [0.05, 0.1) is 6.04 Å². The van der Waals surface area contributed by atoms with Crippen LogP contribution in [-0.2, 0) is 24.0 Å². The fraction of sp³-hybridized carbons (Fsp3) is 0.783. The highest BCUT2D eigenvalue weighted by Gasteiger charge is 2.31. The van der Waals surface area contributed by atoms with Gasteiger partial charge in [-0.05, 0) is 44.4 Å². The molecule has 7 N–H and O–H groups in total. The van der Waals surface area contributed by atoms with Gasteiger partial charge in [0.1, 0.15) is 24.2 Å². The number of rotatable bonds is 14. The molecule has 0 bridgehead atoms. The first kappa shape index (κ1) is 31.3. The summed E-state index contributed by atoms with van der Waals surface area (Å²) in [7, 11) is 0. The molecule has 11 heteroatoms. The van der Waals surface area contributed by atoms with Gasteiger partial charge in [-0.3, -0.25) is 19.2 Å². The number of carboxylic acid groups (broad SMARTS) is 1. The predicted octanol–water partition coefficient (Wildman–Crippen LogP) is 0.126. The lowest BCUT2D eigenvalue weighted by Crippen LogP contribution is -2.58. The largest absolute Gasteiger partial charge is 0.480 e. The monoisotopic (exact) mass is 485 g/mol. The molecule has 196 valence electrons. The lowest BCUT2D eigenvalue weighted by molar-refractivity contribution is -0.143. The first-order valence-corrected chi connectivity index (χ1v) is 11.8. The number of carboxylic acids is 1. The first-order valence-electron chi connectivity index (χ1n) is 11.8. The molecule has 5 unspecified atom stereocenters. The maximum atomic E-state index is 12.7. The van der Waals surface area contributed by atoms with Gasteiger partial charge in [0.25, 0.3) is 0 Å². The fourth-order valence-electron chi connectivity index (χ4n) is 3.17. The Morgan fingerprint density at radius 3 is 1.50 bits per heavy atom. The molecular weight excluding hydrogens is 442 g/mol. The Bertz CT molecular complexity index is 725. The fourth-order valence-corrected chi connectivity index (χ4v) is 3.17. The van der Waals surface area contributed by atoms with Gasteiger partial charge < -0.3 is 32.1 Å². The van der Waals surface area contributed by atoms with Gasteiger partial charge in [0, 0.05) is 0 Å². The predicted molar refractivity (Wildman–Crippen MR) is 128 cm³/mol. The summed E-state index contributed by atoms with van der Waals surface area (Å²) in [5, 5.41) is 19.4. The molecule has 0 aromatic carbocycles. The summed E-state index contributed by atoms with van der Waals surface area (Å²) in [5.74, 6) is -3.49. The zero-order chi connectivity index (χ0) is 26.7. The molecule has 0 aliphatic heterocycles. The van der Waals surface area contributed by atoms with Crippen molar-refractivity contribution in [3.05, 3.63) is 0 Å². The summed E-state index contributed by atoms with van der Waals surface area (Å²) < 4.78 is 0. The van der Waals surface area contributed by atoms with E-state index >= 15 is 0 Å². The van der Waals surface area contributed by atoms with Gasteiger partial charge in [0.2, 0.25) is 23.6 Å². The molecule has 0 fully saturated rings. The summed E-state index contributed by atoms with van der Waals surface area (Å²) in [6.45, 7) is 13.9. The first-order chi connectivity index (χ1) is 15.6. The molecule has 0 spiro atoms. The van der Waals surface area contributed by atoms with E-state index in [1.165, 1.54) is 13.8 Å². The molecule has 0 aliphatic rings. The van der Waals surface area contributed by atoms with E-state index in [0.717, 1.165) is 0 Å². The average molecular weight is 486 g/mol. The lowest BCUT2D eigenvalue weighted by atomic mass is 10.00. The molecule has 0 aromatic heterocycles. The third-order valence-corrected chi connectivity index (χ3v) is 5.13. The Hall–Kier alpha value is -2.69. The Kier molecular flexibility index (Phi) is 13.4. The van der Waals surface area contributed by atoms with E-state index in [-0.39, 0.29) is 24.2 Å². The van der Waals surface area contributed by atoms with Gasteiger partial charge in [-0.2, -0.15) is 0 Å². The average Bonchev–Trinajstić information content (AvgIpc) is 2.69.